The fraction of sp³-hybridized carbons (Fsp3) is 0.321. The van der Waals surface area contributed by atoms with Crippen LogP contribution in [0.4, 0.5) is 5.82 Å². The standard InChI is InChI=1S/C28H30ClN5O3/c29-22-8-9-24-25(19-22)31-27(21-5-2-1-3-6-21)32-28(24)34(20-23-7-4-16-37-23)12-10-26(35)30-11-13-33-14-17-36-18-15-33/h1-9,16,19H,10-15,17-18,20H2,(H,30,35). The average Bonchev–Trinajstić information content (AvgIpc) is 3.44. The van der Waals surface area contributed by atoms with Crippen LogP contribution in [0.2, 0.25) is 5.02 Å². The number of nitrogens with zero attached hydrogens (tertiary/aromatic N) is 4. The number of anilines is 1. The van der Waals surface area contributed by atoms with Crippen molar-refractivity contribution in [3.8, 4) is 11.4 Å². The summed E-state index contributed by atoms with van der Waals surface area (Å²) in [6.45, 7) is 5.68. The van der Waals surface area contributed by atoms with Crippen LogP contribution in [0.1, 0.15) is 12.2 Å². The number of hydrogen-bond acceptors (Lipinski definition) is 7. The van der Waals surface area contributed by atoms with Gasteiger partial charge in [0, 0.05) is 55.1 Å². The lowest BCUT2D eigenvalue weighted by Crippen LogP contribution is -2.41. The number of fused-ring (bicyclic) bond motifs is 1. The highest BCUT2D eigenvalue weighted by Gasteiger charge is 2.19. The van der Waals surface area contributed by atoms with Crippen molar-refractivity contribution in [2.75, 3.05) is 50.8 Å². The van der Waals surface area contributed by atoms with Gasteiger partial charge in [-0.15, -0.1) is 0 Å². The van der Waals surface area contributed by atoms with Crippen LogP contribution in [0.15, 0.2) is 71.3 Å². The second-order valence-electron chi connectivity index (χ2n) is 8.95. The Bertz CT molecular complexity index is 1310. The van der Waals surface area contributed by atoms with Crippen LogP contribution in [0.5, 0.6) is 0 Å². The number of rotatable bonds is 10. The minimum Gasteiger partial charge on any atom is -0.467 e. The Morgan fingerprint density at radius 1 is 1.05 bits per heavy atom. The minimum absolute atomic E-state index is 0.00222. The van der Waals surface area contributed by atoms with E-state index < -0.39 is 0 Å². The molecule has 2 aromatic carbocycles. The number of morpholine rings is 1. The van der Waals surface area contributed by atoms with Crippen molar-refractivity contribution in [3.05, 3.63) is 77.7 Å². The molecule has 0 unspecified atom stereocenters. The molecule has 1 N–H and O–H groups in total. The van der Waals surface area contributed by atoms with Gasteiger partial charge in [-0.25, -0.2) is 9.97 Å². The molecule has 1 fully saturated rings. The van der Waals surface area contributed by atoms with E-state index in [2.05, 4.69) is 15.1 Å². The summed E-state index contributed by atoms with van der Waals surface area (Å²) in [6.07, 6.45) is 1.97. The van der Waals surface area contributed by atoms with Crippen LogP contribution in [-0.2, 0) is 16.1 Å². The predicted octanol–water partition coefficient (Wildman–Crippen LogP) is 4.39. The van der Waals surface area contributed by atoms with E-state index in [0.29, 0.717) is 36.9 Å². The summed E-state index contributed by atoms with van der Waals surface area (Å²) in [4.78, 5) is 26.9. The van der Waals surface area contributed by atoms with E-state index in [1.54, 1.807) is 6.26 Å². The number of carbonyl (C=O) groups excluding carboxylic acids is 1. The molecule has 0 aliphatic carbocycles. The number of nitrogens with one attached hydrogen (secondary N) is 1. The fourth-order valence-electron chi connectivity index (χ4n) is 4.40. The number of aromatic nitrogens is 2. The molecule has 1 saturated heterocycles. The third kappa shape index (κ3) is 6.65. The molecule has 192 valence electrons. The van der Waals surface area contributed by atoms with Gasteiger partial charge in [0.15, 0.2) is 5.82 Å². The van der Waals surface area contributed by atoms with Crippen LogP contribution < -0.4 is 10.2 Å². The van der Waals surface area contributed by atoms with E-state index in [0.717, 1.165) is 60.9 Å². The van der Waals surface area contributed by atoms with Gasteiger partial charge in [0.1, 0.15) is 11.6 Å². The molecule has 0 radical (unpaired) electrons. The number of amides is 1. The van der Waals surface area contributed by atoms with Crippen LogP contribution >= 0.6 is 11.6 Å². The molecule has 1 aliphatic heterocycles. The van der Waals surface area contributed by atoms with Gasteiger partial charge >= 0.3 is 0 Å². The molecule has 4 aromatic rings. The van der Waals surface area contributed by atoms with Crippen molar-refractivity contribution in [2.45, 2.75) is 13.0 Å². The van der Waals surface area contributed by atoms with Gasteiger partial charge in [0.25, 0.3) is 0 Å². The summed E-state index contributed by atoms with van der Waals surface area (Å²) in [5.41, 5.74) is 1.65. The smallest absolute Gasteiger partial charge is 0.221 e. The van der Waals surface area contributed by atoms with E-state index >= 15 is 0 Å². The number of benzene rings is 2. The number of ether oxygens (including phenoxy) is 1. The van der Waals surface area contributed by atoms with Crippen molar-refractivity contribution >= 4 is 34.2 Å². The van der Waals surface area contributed by atoms with Crippen LogP contribution in [0.25, 0.3) is 22.3 Å². The van der Waals surface area contributed by atoms with Gasteiger partial charge < -0.3 is 19.4 Å². The summed E-state index contributed by atoms with van der Waals surface area (Å²) in [5.74, 6) is 2.12. The van der Waals surface area contributed by atoms with E-state index in [4.69, 9.17) is 30.7 Å². The molecule has 0 saturated carbocycles. The Labute approximate surface area is 221 Å². The third-order valence-electron chi connectivity index (χ3n) is 6.36. The fourth-order valence-corrected chi connectivity index (χ4v) is 4.56. The first-order chi connectivity index (χ1) is 18.2. The lowest BCUT2D eigenvalue weighted by Gasteiger charge is -2.27. The van der Waals surface area contributed by atoms with Crippen LogP contribution in [-0.4, -0.2) is 66.7 Å². The molecule has 0 bridgehead atoms. The zero-order chi connectivity index (χ0) is 25.5. The molecule has 8 nitrogen and oxygen atoms in total. The maximum absolute atomic E-state index is 12.8. The maximum atomic E-state index is 12.8. The Morgan fingerprint density at radius 3 is 2.68 bits per heavy atom. The lowest BCUT2D eigenvalue weighted by molar-refractivity contribution is -0.121. The van der Waals surface area contributed by atoms with Crippen molar-refractivity contribution in [3.63, 3.8) is 0 Å². The highest BCUT2D eigenvalue weighted by molar-refractivity contribution is 6.31. The second-order valence-corrected chi connectivity index (χ2v) is 9.39. The summed E-state index contributed by atoms with van der Waals surface area (Å²) in [5, 5.41) is 4.53. The maximum Gasteiger partial charge on any atom is 0.221 e. The number of furan rings is 1. The first kappa shape index (κ1) is 25.2. The molecular formula is C28H30ClN5O3. The Hall–Kier alpha value is -3.46. The lowest BCUT2D eigenvalue weighted by atomic mass is 10.1. The summed E-state index contributed by atoms with van der Waals surface area (Å²) >= 11 is 6.32. The summed E-state index contributed by atoms with van der Waals surface area (Å²) in [6, 6.07) is 19.2. The molecular weight excluding hydrogens is 490 g/mol. The van der Waals surface area contributed by atoms with Gasteiger partial charge in [0.2, 0.25) is 5.91 Å². The van der Waals surface area contributed by atoms with Gasteiger partial charge in [0.05, 0.1) is 31.5 Å². The van der Waals surface area contributed by atoms with Crippen LogP contribution in [0, 0.1) is 0 Å². The Morgan fingerprint density at radius 2 is 1.89 bits per heavy atom. The number of halogens is 1. The van der Waals surface area contributed by atoms with E-state index in [9.17, 15) is 4.79 Å². The van der Waals surface area contributed by atoms with E-state index in [1.807, 2.05) is 60.7 Å². The monoisotopic (exact) mass is 519 g/mol. The second kappa shape index (κ2) is 12.2. The highest BCUT2D eigenvalue weighted by Crippen LogP contribution is 2.30. The van der Waals surface area contributed by atoms with Gasteiger partial charge in [-0.2, -0.15) is 0 Å². The number of hydrogen-bond donors (Lipinski definition) is 1. The summed E-state index contributed by atoms with van der Waals surface area (Å²) in [7, 11) is 0. The largest absolute Gasteiger partial charge is 0.467 e. The first-order valence-corrected chi connectivity index (χ1v) is 12.9. The molecule has 5 rings (SSSR count). The zero-order valence-electron chi connectivity index (χ0n) is 20.6. The van der Waals surface area contributed by atoms with Crippen molar-refractivity contribution in [1.29, 1.82) is 0 Å². The SMILES string of the molecule is O=C(CCN(Cc1ccco1)c1nc(-c2ccccc2)nc2cc(Cl)ccc12)NCCN1CCOCC1. The molecule has 9 heteroatoms. The Kier molecular flexibility index (Phi) is 8.30. The highest BCUT2D eigenvalue weighted by atomic mass is 35.5. The minimum atomic E-state index is 0.00222. The molecule has 0 atom stereocenters. The van der Waals surface area contributed by atoms with E-state index in [1.165, 1.54) is 0 Å². The first-order valence-electron chi connectivity index (χ1n) is 12.5. The van der Waals surface area contributed by atoms with E-state index in [-0.39, 0.29) is 5.91 Å². The van der Waals surface area contributed by atoms with Crippen molar-refractivity contribution < 1.29 is 13.9 Å². The summed E-state index contributed by atoms with van der Waals surface area (Å²) < 4.78 is 11.0. The topological polar surface area (TPSA) is 83.7 Å². The predicted molar refractivity (Wildman–Crippen MR) is 145 cm³/mol. The molecule has 2 aromatic heterocycles. The molecule has 0 spiro atoms. The quantitative estimate of drug-likeness (QED) is 0.332. The van der Waals surface area contributed by atoms with Gasteiger partial charge in [-0.3, -0.25) is 9.69 Å². The zero-order valence-corrected chi connectivity index (χ0v) is 21.4. The molecule has 1 amide bonds. The normalized spacial score (nSPS) is 14.1. The molecule has 37 heavy (non-hydrogen) atoms. The number of carbonyl (C=O) groups is 1. The van der Waals surface area contributed by atoms with Gasteiger partial charge in [-0.1, -0.05) is 41.9 Å². The molecule has 3 heterocycles. The van der Waals surface area contributed by atoms with Crippen LogP contribution in [0.3, 0.4) is 0 Å². The Balaban J connectivity index is 1.38. The van der Waals surface area contributed by atoms with Crippen molar-refractivity contribution in [1.82, 2.24) is 20.2 Å². The third-order valence-corrected chi connectivity index (χ3v) is 6.59. The average molecular weight is 520 g/mol. The molecule has 1 aliphatic rings. The van der Waals surface area contributed by atoms with Gasteiger partial charge in [-0.05, 0) is 30.3 Å². The van der Waals surface area contributed by atoms with Crippen molar-refractivity contribution in [2.24, 2.45) is 0 Å².